The highest BCUT2D eigenvalue weighted by molar-refractivity contribution is 8.00. The number of hydrogen-bond acceptors (Lipinski definition) is 4. The van der Waals surface area contributed by atoms with Crippen LogP contribution in [-0.4, -0.2) is 22.6 Å². The van der Waals surface area contributed by atoms with E-state index < -0.39 is 5.97 Å². The van der Waals surface area contributed by atoms with E-state index >= 15 is 0 Å². The maximum Gasteiger partial charge on any atom is 0.313 e. The Morgan fingerprint density at radius 1 is 1.24 bits per heavy atom. The molecule has 0 fully saturated rings. The third kappa shape index (κ3) is 4.72. The molecule has 0 bridgehead atoms. The summed E-state index contributed by atoms with van der Waals surface area (Å²) in [5.74, 6) is -0.806. The van der Waals surface area contributed by atoms with Crippen molar-refractivity contribution in [1.29, 1.82) is 0 Å². The van der Waals surface area contributed by atoms with Gasteiger partial charge < -0.3 is 5.11 Å². The molecule has 0 aliphatic rings. The fourth-order valence-electron chi connectivity index (χ4n) is 1.91. The Morgan fingerprint density at radius 2 is 1.95 bits per heavy atom. The topological polar surface area (TPSA) is 54.4 Å². The van der Waals surface area contributed by atoms with Crippen LogP contribution in [0.1, 0.15) is 32.5 Å². The SMILES string of the molecule is Cc1ccc(C(=O)CC(SCC(=O)O)c2cccs2)cc1. The number of thioether (sulfide) groups is 1. The average Bonchev–Trinajstić information content (AvgIpc) is 2.97. The molecule has 2 rings (SSSR count). The van der Waals surface area contributed by atoms with Crippen molar-refractivity contribution in [2.45, 2.75) is 18.6 Å². The molecule has 3 nitrogen and oxygen atoms in total. The number of carboxylic acids is 1. The molecule has 1 unspecified atom stereocenters. The molecule has 0 saturated carbocycles. The van der Waals surface area contributed by atoms with Gasteiger partial charge in [-0.2, -0.15) is 0 Å². The number of aliphatic carboxylic acids is 1. The highest BCUT2D eigenvalue weighted by atomic mass is 32.2. The number of rotatable bonds is 7. The van der Waals surface area contributed by atoms with Gasteiger partial charge in [-0.1, -0.05) is 35.9 Å². The lowest BCUT2D eigenvalue weighted by Crippen LogP contribution is -2.07. The van der Waals surface area contributed by atoms with Gasteiger partial charge >= 0.3 is 5.97 Å². The Bertz CT molecular complexity index is 603. The van der Waals surface area contributed by atoms with Crippen molar-refractivity contribution in [2.24, 2.45) is 0 Å². The van der Waals surface area contributed by atoms with E-state index in [0.717, 1.165) is 10.4 Å². The molecule has 2 aromatic rings. The lowest BCUT2D eigenvalue weighted by molar-refractivity contribution is -0.133. The zero-order valence-electron chi connectivity index (χ0n) is 11.6. The second-order valence-corrected chi connectivity index (χ2v) is 6.87. The normalized spacial score (nSPS) is 12.0. The third-order valence-corrected chi connectivity index (χ3v) is 5.38. The van der Waals surface area contributed by atoms with E-state index in [1.165, 1.54) is 11.8 Å². The van der Waals surface area contributed by atoms with Crippen LogP contribution in [-0.2, 0) is 4.79 Å². The first-order chi connectivity index (χ1) is 10.1. The lowest BCUT2D eigenvalue weighted by atomic mass is 10.0. The van der Waals surface area contributed by atoms with Crippen molar-refractivity contribution in [3.05, 3.63) is 57.8 Å². The molecule has 0 saturated heterocycles. The first-order valence-corrected chi connectivity index (χ1v) is 8.46. The molecule has 21 heavy (non-hydrogen) atoms. The van der Waals surface area contributed by atoms with Gasteiger partial charge in [0.25, 0.3) is 0 Å². The van der Waals surface area contributed by atoms with E-state index in [2.05, 4.69) is 0 Å². The van der Waals surface area contributed by atoms with Gasteiger partial charge in [-0.05, 0) is 18.4 Å². The van der Waals surface area contributed by atoms with Crippen LogP contribution in [0, 0.1) is 6.92 Å². The van der Waals surface area contributed by atoms with Crippen molar-refractivity contribution in [2.75, 3.05) is 5.75 Å². The van der Waals surface area contributed by atoms with Crippen LogP contribution < -0.4 is 0 Å². The van der Waals surface area contributed by atoms with Crippen LogP contribution in [0.5, 0.6) is 0 Å². The summed E-state index contributed by atoms with van der Waals surface area (Å²) < 4.78 is 0. The monoisotopic (exact) mass is 320 g/mol. The van der Waals surface area contributed by atoms with Crippen molar-refractivity contribution in [3.8, 4) is 0 Å². The van der Waals surface area contributed by atoms with Crippen LogP contribution >= 0.6 is 23.1 Å². The number of ketones is 1. The minimum absolute atomic E-state index is 0.00371. The van der Waals surface area contributed by atoms with Crippen molar-refractivity contribution < 1.29 is 14.7 Å². The van der Waals surface area contributed by atoms with Crippen LogP contribution in [0.2, 0.25) is 0 Å². The molecule has 0 aliphatic carbocycles. The van der Waals surface area contributed by atoms with Gasteiger partial charge in [0.1, 0.15) is 0 Å². The maximum absolute atomic E-state index is 12.4. The number of benzene rings is 1. The number of carbonyl (C=O) groups excluding carboxylic acids is 1. The second-order valence-electron chi connectivity index (χ2n) is 4.70. The summed E-state index contributed by atoms with van der Waals surface area (Å²) in [7, 11) is 0. The minimum Gasteiger partial charge on any atom is -0.481 e. The largest absolute Gasteiger partial charge is 0.481 e. The predicted molar refractivity (Wildman–Crippen MR) is 87.3 cm³/mol. The summed E-state index contributed by atoms with van der Waals surface area (Å²) in [4.78, 5) is 24.2. The smallest absolute Gasteiger partial charge is 0.313 e. The van der Waals surface area contributed by atoms with Crippen LogP contribution in [0.15, 0.2) is 41.8 Å². The van der Waals surface area contributed by atoms with Gasteiger partial charge in [-0.3, -0.25) is 9.59 Å². The number of thiophene rings is 1. The Labute approximate surface area is 132 Å². The molecular weight excluding hydrogens is 304 g/mol. The molecule has 0 amide bonds. The minimum atomic E-state index is -0.857. The van der Waals surface area contributed by atoms with Gasteiger partial charge in [0, 0.05) is 22.1 Å². The molecule has 0 aliphatic heterocycles. The lowest BCUT2D eigenvalue weighted by Gasteiger charge is -2.13. The molecular formula is C16H16O3S2. The second kappa shape index (κ2) is 7.43. The van der Waals surface area contributed by atoms with E-state index in [1.807, 2.05) is 48.7 Å². The van der Waals surface area contributed by atoms with Gasteiger partial charge in [0.2, 0.25) is 0 Å². The maximum atomic E-state index is 12.4. The molecule has 110 valence electrons. The predicted octanol–water partition coefficient (Wildman–Crippen LogP) is 4.19. The molecule has 1 aromatic heterocycles. The summed E-state index contributed by atoms with van der Waals surface area (Å²) in [5, 5.41) is 10.7. The molecule has 0 spiro atoms. The van der Waals surface area contributed by atoms with Crippen molar-refractivity contribution in [3.63, 3.8) is 0 Å². The number of hydrogen-bond donors (Lipinski definition) is 1. The Morgan fingerprint density at radius 3 is 2.52 bits per heavy atom. The molecule has 1 heterocycles. The summed E-state index contributed by atoms with van der Waals surface area (Å²) >= 11 is 2.86. The average molecular weight is 320 g/mol. The third-order valence-electron chi connectivity index (χ3n) is 3.01. The highest BCUT2D eigenvalue weighted by Gasteiger charge is 2.19. The Hall–Kier alpha value is -1.59. The van der Waals surface area contributed by atoms with E-state index in [9.17, 15) is 9.59 Å². The fourth-order valence-corrected chi connectivity index (χ4v) is 3.85. The summed E-state index contributed by atoms with van der Waals surface area (Å²) in [6.07, 6.45) is 0.321. The molecule has 1 atom stereocenters. The van der Waals surface area contributed by atoms with Crippen LogP contribution in [0.3, 0.4) is 0 Å². The van der Waals surface area contributed by atoms with Crippen molar-refractivity contribution >= 4 is 34.9 Å². The van der Waals surface area contributed by atoms with E-state index in [4.69, 9.17) is 5.11 Å². The zero-order valence-corrected chi connectivity index (χ0v) is 13.2. The number of aryl methyl sites for hydroxylation is 1. The number of Topliss-reactive ketones (excluding diaryl/α,β-unsaturated/α-hetero) is 1. The summed E-state index contributed by atoms with van der Waals surface area (Å²) in [6, 6.07) is 11.4. The van der Waals surface area contributed by atoms with Crippen LogP contribution in [0.25, 0.3) is 0 Å². The standard InChI is InChI=1S/C16H16O3S2/c1-11-4-6-12(7-5-11)13(17)9-15(21-10-16(18)19)14-3-2-8-20-14/h2-8,15H,9-10H2,1H3,(H,18,19). The quantitative estimate of drug-likeness (QED) is 0.777. The highest BCUT2D eigenvalue weighted by Crippen LogP contribution is 2.35. The first-order valence-electron chi connectivity index (χ1n) is 6.53. The number of carbonyl (C=O) groups is 2. The van der Waals surface area contributed by atoms with Crippen LogP contribution in [0.4, 0.5) is 0 Å². The Kier molecular flexibility index (Phi) is 5.59. The van der Waals surface area contributed by atoms with Gasteiger partial charge in [-0.15, -0.1) is 23.1 Å². The zero-order chi connectivity index (χ0) is 15.2. The van der Waals surface area contributed by atoms with E-state index in [-0.39, 0.29) is 16.8 Å². The summed E-state index contributed by atoms with van der Waals surface area (Å²) in [6.45, 7) is 1.98. The molecule has 0 radical (unpaired) electrons. The molecule has 5 heteroatoms. The Balaban J connectivity index is 2.09. The molecule has 1 aromatic carbocycles. The van der Waals surface area contributed by atoms with Gasteiger partial charge in [0.05, 0.1) is 5.75 Å². The van der Waals surface area contributed by atoms with E-state index in [1.54, 1.807) is 11.3 Å². The fraction of sp³-hybridized carbons (Fsp3) is 0.250. The van der Waals surface area contributed by atoms with Gasteiger partial charge in [-0.25, -0.2) is 0 Å². The van der Waals surface area contributed by atoms with E-state index in [0.29, 0.717) is 12.0 Å². The summed E-state index contributed by atoms with van der Waals surface area (Å²) in [5.41, 5.74) is 1.79. The molecule has 1 N–H and O–H groups in total. The first kappa shape index (κ1) is 15.8. The number of carboxylic acid groups (broad SMARTS) is 1. The van der Waals surface area contributed by atoms with Gasteiger partial charge in [0.15, 0.2) is 5.78 Å². The van der Waals surface area contributed by atoms with Crippen molar-refractivity contribution in [1.82, 2.24) is 0 Å².